The fourth-order valence-electron chi connectivity index (χ4n) is 3.79. The summed E-state index contributed by atoms with van der Waals surface area (Å²) in [7, 11) is 10.6. The zero-order valence-corrected chi connectivity index (χ0v) is 23.0. The minimum atomic E-state index is 0.462. The maximum Gasteiger partial charge on any atom is 0.169 e. The third-order valence-electron chi connectivity index (χ3n) is 5.91. The molecule has 1 aromatic carbocycles. The maximum absolute atomic E-state index is 5.88. The van der Waals surface area contributed by atoms with Gasteiger partial charge in [-0.05, 0) is 0 Å². The van der Waals surface area contributed by atoms with Crippen molar-refractivity contribution in [2.75, 3.05) is 21.3 Å². The molecule has 0 aliphatic rings. The molecule has 4 aromatic rings. The molecule has 3 aromatic heterocycles. The lowest BCUT2D eigenvalue weighted by molar-refractivity contribution is -0.671. The number of hydrogen-bond donors (Lipinski definition) is 0. The SMILES string of the molecule is COc1c(C#Cc2cc[n+](C)cc2)c(OC)c(C#Cc2cc[n+](C)cc2)c(OC)c1C#Cc1cc[n+](C)cc1. The van der Waals surface area contributed by atoms with Crippen molar-refractivity contribution in [3.63, 3.8) is 0 Å². The summed E-state index contributed by atoms with van der Waals surface area (Å²) >= 11 is 0. The first-order valence-electron chi connectivity index (χ1n) is 12.2. The molecule has 0 bridgehead atoms. The van der Waals surface area contributed by atoms with Gasteiger partial charge in [-0.3, -0.25) is 0 Å². The van der Waals surface area contributed by atoms with Crippen LogP contribution < -0.4 is 27.9 Å². The van der Waals surface area contributed by atoms with Gasteiger partial charge in [-0.2, -0.15) is 0 Å². The first kappa shape index (κ1) is 26.8. The topological polar surface area (TPSA) is 39.3 Å². The molecule has 0 unspecified atom stereocenters. The number of aryl methyl sites for hydroxylation is 3. The molecule has 0 N–H and O–H groups in total. The van der Waals surface area contributed by atoms with Crippen LogP contribution in [-0.2, 0) is 21.1 Å². The summed E-state index contributed by atoms with van der Waals surface area (Å²) in [5.74, 6) is 20.8. The molecule has 6 heteroatoms. The highest BCUT2D eigenvalue weighted by Gasteiger charge is 2.24. The number of pyridine rings is 3. The van der Waals surface area contributed by atoms with Crippen LogP contribution in [0.15, 0.2) is 73.6 Å². The monoisotopic (exact) mass is 516 g/mol. The highest BCUT2D eigenvalue weighted by molar-refractivity contribution is 5.76. The Morgan fingerprint density at radius 2 is 0.641 bits per heavy atom. The first-order valence-corrected chi connectivity index (χ1v) is 12.2. The average molecular weight is 517 g/mol. The molecule has 0 atom stereocenters. The van der Waals surface area contributed by atoms with E-state index in [0.717, 1.165) is 16.7 Å². The van der Waals surface area contributed by atoms with Gasteiger partial charge in [0.25, 0.3) is 0 Å². The van der Waals surface area contributed by atoms with Crippen LogP contribution in [0.3, 0.4) is 0 Å². The Balaban J connectivity index is 1.99. The van der Waals surface area contributed by atoms with E-state index in [9.17, 15) is 0 Å². The van der Waals surface area contributed by atoms with Crippen LogP contribution in [0.2, 0.25) is 0 Å². The van der Waals surface area contributed by atoms with Crippen LogP contribution in [-0.4, -0.2) is 21.3 Å². The van der Waals surface area contributed by atoms with Gasteiger partial charge in [-0.15, -0.1) is 0 Å². The minimum Gasteiger partial charge on any atom is -0.494 e. The minimum absolute atomic E-state index is 0.462. The van der Waals surface area contributed by atoms with Crippen LogP contribution in [0.1, 0.15) is 33.4 Å². The van der Waals surface area contributed by atoms with Crippen LogP contribution in [0.25, 0.3) is 0 Å². The molecule has 0 aliphatic heterocycles. The van der Waals surface area contributed by atoms with Crippen LogP contribution in [0, 0.1) is 35.5 Å². The second-order valence-electron chi connectivity index (χ2n) is 8.73. The number of rotatable bonds is 3. The van der Waals surface area contributed by atoms with Gasteiger partial charge < -0.3 is 14.2 Å². The van der Waals surface area contributed by atoms with Gasteiger partial charge in [0.2, 0.25) is 0 Å². The molecule has 0 saturated heterocycles. The largest absolute Gasteiger partial charge is 0.494 e. The molecule has 3 heterocycles. The van der Waals surface area contributed by atoms with Crippen molar-refractivity contribution < 1.29 is 27.9 Å². The highest BCUT2D eigenvalue weighted by atomic mass is 16.5. The Kier molecular flexibility index (Phi) is 8.47. The predicted octanol–water partition coefficient (Wildman–Crippen LogP) is 2.39. The highest BCUT2D eigenvalue weighted by Crippen LogP contribution is 2.42. The van der Waals surface area contributed by atoms with Gasteiger partial charge in [0.15, 0.2) is 54.4 Å². The van der Waals surface area contributed by atoms with E-state index in [1.807, 2.05) is 108 Å². The average Bonchev–Trinajstić information content (AvgIpc) is 2.95. The smallest absolute Gasteiger partial charge is 0.169 e. The van der Waals surface area contributed by atoms with Crippen molar-refractivity contribution in [2.45, 2.75) is 0 Å². The molecule has 192 valence electrons. The molecule has 4 rings (SSSR count). The van der Waals surface area contributed by atoms with Crippen LogP contribution in [0.5, 0.6) is 17.2 Å². The third kappa shape index (κ3) is 6.37. The number of benzene rings is 1. The normalized spacial score (nSPS) is 9.69. The van der Waals surface area contributed by atoms with E-state index >= 15 is 0 Å². The zero-order valence-electron chi connectivity index (χ0n) is 23.0. The summed E-state index contributed by atoms with van der Waals surface area (Å²) in [6.07, 6.45) is 11.7. The number of hydrogen-bond acceptors (Lipinski definition) is 3. The summed E-state index contributed by atoms with van der Waals surface area (Å²) in [6.45, 7) is 0. The second kappa shape index (κ2) is 12.3. The third-order valence-corrected chi connectivity index (χ3v) is 5.91. The predicted molar refractivity (Wildman–Crippen MR) is 147 cm³/mol. The molecule has 0 amide bonds. The molecule has 0 saturated carbocycles. The Hall–Kier alpha value is -5.25. The van der Waals surface area contributed by atoms with E-state index < -0.39 is 0 Å². The van der Waals surface area contributed by atoms with Gasteiger partial charge in [-0.25, -0.2) is 13.7 Å². The lowest BCUT2D eigenvalue weighted by atomic mass is 9.99. The van der Waals surface area contributed by atoms with Crippen molar-refractivity contribution in [3.05, 3.63) is 107 Å². The van der Waals surface area contributed by atoms with Crippen molar-refractivity contribution in [1.29, 1.82) is 0 Å². The van der Waals surface area contributed by atoms with Gasteiger partial charge in [0.05, 0.1) is 21.3 Å². The van der Waals surface area contributed by atoms with E-state index in [1.165, 1.54) is 0 Å². The van der Waals surface area contributed by atoms with Crippen molar-refractivity contribution in [2.24, 2.45) is 21.1 Å². The van der Waals surface area contributed by atoms with Crippen LogP contribution in [0.4, 0.5) is 0 Å². The first-order chi connectivity index (χ1) is 18.9. The molecular weight excluding hydrogens is 486 g/mol. The van der Waals surface area contributed by atoms with Crippen molar-refractivity contribution >= 4 is 0 Å². The van der Waals surface area contributed by atoms with E-state index in [0.29, 0.717) is 33.9 Å². The molecule has 0 spiro atoms. The summed E-state index contributed by atoms with van der Waals surface area (Å²) < 4.78 is 23.5. The van der Waals surface area contributed by atoms with E-state index in [4.69, 9.17) is 14.2 Å². The van der Waals surface area contributed by atoms with Gasteiger partial charge in [0, 0.05) is 53.1 Å². The number of ether oxygens (including phenoxy) is 3. The Morgan fingerprint density at radius 1 is 0.410 bits per heavy atom. The molecule has 0 radical (unpaired) electrons. The van der Waals surface area contributed by atoms with Gasteiger partial charge >= 0.3 is 0 Å². The Bertz CT molecular complexity index is 1450. The Labute approximate surface area is 230 Å². The molecule has 0 aliphatic carbocycles. The Morgan fingerprint density at radius 3 is 0.846 bits per heavy atom. The fraction of sp³-hybridized carbons (Fsp3) is 0.182. The lowest BCUT2D eigenvalue weighted by Gasteiger charge is -2.17. The summed E-state index contributed by atoms with van der Waals surface area (Å²) in [6, 6.07) is 11.7. The second-order valence-corrected chi connectivity index (χ2v) is 8.73. The fourth-order valence-corrected chi connectivity index (χ4v) is 3.79. The lowest BCUT2D eigenvalue weighted by Crippen LogP contribution is -2.25. The summed E-state index contributed by atoms with van der Waals surface area (Å²) in [5.41, 5.74) is 4.18. The maximum atomic E-state index is 5.88. The number of aromatic nitrogens is 3. The molecular formula is C33H30N3O3+3. The van der Waals surface area contributed by atoms with Crippen LogP contribution >= 0.6 is 0 Å². The van der Waals surface area contributed by atoms with E-state index in [2.05, 4.69) is 35.5 Å². The van der Waals surface area contributed by atoms with Gasteiger partial charge in [0.1, 0.15) is 37.8 Å². The molecule has 6 nitrogen and oxygen atoms in total. The van der Waals surface area contributed by atoms with Gasteiger partial charge in [-0.1, -0.05) is 35.5 Å². The number of nitrogens with zero attached hydrogens (tertiary/aromatic N) is 3. The van der Waals surface area contributed by atoms with E-state index in [1.54, 1.807) is 21.3 Å². The van der Waals surface area contributed by atoms with Crippen molar-refractivity contribution in [3.8, 4) is 52.8 Å². The van der Waals surface area contributed by atoms with Crippen molar-refractivity contribution in [1.82, 2.24) is 0 Å². The summed E-state index contributed by atoms with van der Waals surface area (Å²) in [4.78, 5) is 0. The zero-order chi connectivity index (χ0) is 27.8. The summed E-state index contributed by atoms with van der Waals surface area (Å²) in [5, 5.41) is 0. The quantitative estimate of drug-likeness (QED) is 0.310. The standard InChI is InChI=1S/C33H30N3O3/c1-34-19-13-25(14-20-34)7-10-28-31(37-4)29(11-8-26-15-21-35(2)22-16-26)33(39-6)30(32(28)38-5)12-9-27-17-23-36(3)24-18-27/h13-24H,1-6H3/q+3. The number of methoxy groups -OCH3 is 3. The molecule has 39 heavy (non-hydrogen) atoms. The van der Waals surface area contributed by atoms with E-state index in [-0.39, 0.29) is 0 Å². The molecule has 0 fully saturated rings.